The lowest BCUT2D eigenvalue weighted by molar-refractivity contribution is -0.0462. The van der Waals surface area contributed by atoms with E-state index in [-0.39, 0.29) is 42.4 Å². The lowest BCUT2D eigenvalue weighted by Crippen LogP contribution is -2.42. The van der Waals surface area contributed by atoms with E-state index in [0.717, 1.165) is 0 Å². The van der Waals surface area contributed by atoms with Gasteiger partial charge in [0, 0.05) is 36.9 Å². The smallest absolute Gasteiger partial charge is 0.360 e. The zero-order valence-electron chi connectivity index (χ0n) is 33.1. The number of hydrogen-bond acceptors (Lipinski definition) is 13. The molecule has 0 aliphatic carbocycles. The van der Waals surface area contributed by atoms with Crippen molar-refractivity contribution >= 4 is 18.0 Å². The van der Waals surface area contributed by atoms with Crippen molar-refractivity contribution in [1.82, 2.24) is 9.97 Å². The van der Waals surface area contributed by atoms with Gasteiger partial charge in [-0.1, -0.05) is 119 Å². The maximum Gasteiger partial charge on any atom is 0.360 e. The lowest BCUT2D eigenvalue weighted by Gasteiger charge is -2.36. The van der Waals surface area contributed by atoms with Gasteiger partial charge in [-0.25, -0.2) is 19.6 Å². The van der Waals surface area contributed by atoms with Gasteiger partial charge in [-0.2, -0.15) is 0 Å². The maximum absolute atomic E-state index is 13.3. The van der Waals surface area contributed by atoms with Crippen LogP contribution in [0, 0.1) is 10.8 Å². The molecule has 0 unspecified atom stereocenters. The van der Waals surface area contributed by atoms with E-state index in [1.165, 1.54) is 50.0 Å². The molecule has 304 valence electrons. The number of carbonyl (C=O) groups excluding carboxylic acids is 2. The molecule has 13 nitrogen and oxygen atoms in total. The Balaban J connectivity index is 1.93. The number of cyclic esters (lactones) is 2. The van der Waals surface area contributed by atoms with Crippen molar-refractivity contribution in [3.63, 3.8) is 0 Å². The average Bonchev–Trinajstić information content (AvgIpc) is 3.84. The standard InChI is InChI=1S/C43H56N2O11/c1-8-18-34(48)42(3,4)36-23-14-12-10-11-13-20-29(52-7)26-39-45-31(28-54-39)41(51)56-37(43(5,6)35(49)19-9-2)24-17-22-33(47)32(46)21-15-16-25-38-44-30(27-53-38)40(50)55-36/h8-22,25,27-29,32-37,46-49H,23-24,26H2,1-7H3/t29-,32-,33+,34-,35-,36-,37+/m0/s1. The molecule has 0 amide bonds. The van der Waals surface area contributed by atoms with Gasteiger partial charge in [0.1, 0.15) is 36.9 Å². The number of esters is 2. The number of aromatic nitrogens is 2. The summed E-state index contributed by atoms with van der Waals surface area (Å²) in [5.74, 6) is -1.15. The molecule has 4 bridgehead atoms. The van der Waals surface area contributed by atoms with Crippen LogP contribution in [0.25, 0.3) is 6.08 Å². The van der Waals surface area contributed by atoms with Gasteiger partial charge in [-0.15, -0.1) is 0 Å². The summed E-state index contributed by atoms with van der Waals surface area (Å²) in [4.78, 5) is 35.0. The van der Waals surface area contributed by atoms with Crippen LogP contribution in [0.2, 0.25) is 0 Å². The molecule has 0 saturated heterocycles. The minimum absolute atomic E-state index is 0.0613. The van der Waals surface area contributed by atoms with Crippen molar-refractivity contribution in [3.8, 4) is 0 Å². The van der Waals surface area contributed by atoms with Crippen molar-refractivity contribution < 1.29 is 53.1 Å². The number of oxazole rings is 2. The summed E-state index contributed by atoms with van der Waals surface area (Å²) in [6.07, 6.45) is 22.5. The number of nitrogens with zero attached hydrogens (tertiary/aromatic N) is 2. The molecule has 3 rings (SSSR count). The molecule has 0 fully saturated rings. The van der Waals surface area contributed by atoms with Gasteiger partial charge in [0.2, 0.25) is 5.89 Å². The second-order valence-electron chi connectivity index (χ2n) is 14.4. The van der Waals surface area contributed by atoms with Crippen LogP contribution in [-0.4, -0.2) is 92.2 Å². The van der Waals surface area contributed by atoms with Gasteiger partial charge in [-0.05, 0) is 13.8 Å². The first-order chi connectivity index (χ1) is 26.6. The van der Waals surface area contributed by atoms with Crippen LogP contribution < -0.4 is 0 Å². The highest BCUT2D eigenvalue weighted by molar-refractivity contribution is 5.87. The Morgan fingerprint density at radius 2 is 1.27 bits per heavy atom. The Labute approximate surface area is 328 Å². The molecule has 0 spiro atoms. The van der Waals surface area contributed by atoms with Crippen LogP contribution in [0.1, 0.15) is 87.1 Å². The highest BCUT2D eigenvalue weighted by Gasteiger charge is 2.39. The number of hydrogen-bond donors (Lipinski definition) is 4. The molecule has 3 heterocycles. The largest absolute Gasteiger partial charge is 0.457 e. The SMILES string of the molecule is CC=C[C@H](O)C(C)(C)[C@@H]1CC=CC=CC=C[C@H](OC)Cc2nc(co2)C(=O)O[C@@H](C(C)(C)[C@@H](O)C=CC)CC=C[C@@H](O)[C@@H](O)C=CC=Cc2nc(co2)C(=O)O1. The predicted octanol–water partition coefficient (Wildman–Crippen LogP) is 6.21. The predicted molar refractivity (Wildman–Crippen MR) is 211 cm³/mol. The molecule has 2 aromatic heterocycles. The Kier molecular flexibility index (Phi) is 17.8. The maximum atomic E-state index is 13.3. The van der Waals surface area contributed by atoms with Crippen molar-refractivity contribution in [1.29, 1.82) is 0 Å². The molecule has 7 atom stereocenters. The average molecular weight is 777 g/mol. The summed E-state index contributed by atoms with van der Waals surface area (Å²) in [5, 5.41) is 42.9. The van der Waals surface area contributed by atoms with Gasteiger partial charge in [-0.3, -0.25) is 0 Å². The molecule has 1 aliphatic rings. The fourth-order valence-electron chi connectivity index (χ4n) is 5.47. The monoisotopic (exact) mass is 776 g/mol. The molecule has 0 saturated carbocycles. The van der Waals surface area contributed by atoms with E-state index < -0.39 is 65.5 Å². The van der Waals surface area contributed by atoms with Crippen molar-refractivity contribution in [2.75, 3.05) is 7.11 Å². The van der Waals surface area contributed by atoms with E-state index >= 15 is 0 Å². The van der Waals surface area contributed by atoms with Crippen LogP contribution in [0.4, 0.5) is 0 Å². The summed E-state index contributed by atoms with van der Waals surface area (Å²) in [6.45, 7) is 10.7. The fourth-order valence-corrected chi connectivity index (χ4v) is 5.47. The third kappa shape index (κ3) is 13.4. The minimum atomic E-state index is -1.32. The van der Waals surface area contributed by atoms with E-state index in [4.69, 9.17) is 23.0 Å². The Hall–Kier alpha value is -4.92. The quantitative estimate of drug-likeness (QED) is 0.183. The van der Waals surface area contributed by atoms with Crippen LogP contribution in [-0.2, 0) is 20.6 Å². The number of carbonyl (C=O) groups is 2. The first-order valence-corrected chi connectivity index (χ1v) is 18.5. The molecule has 13 heteroatoms. The topological polar surface area (TPSA) is 195 Å². The van der Waals surface area contributed by atoms with Crippen LogP contribution in [0.15, 0.2) is 113 Å². The zero-order chi connectivity index (χ0) is 41.3. The molecule has 2 aromatic rings. The highest BCUT2D eigenvalue weighted by Crippen LogP contribution is 2.33. The van der Waals surface area contributed by atoms with E-state index in [1.54, 1.807) is 102 Å². The van der Waals surface area contributed by atoms with Crippen molar-refractivity contribution in [2.24, 2.45) is 10.8 Å². The Bertz CT molecular complexity index is 1790. The number of fused-ring (bicyclic) bond motifs is 4. The van der Waals surface area contributed by atoms with E-state index in [2.05, 4.69) is 9.97 Å². The molecule has 56 heavy (non-hydrogen) atoms. The van der Waals surface area contributed by atoms with E-state index in [1.807, 2.05) is 6.08 Å². The first-order valence-electron chi connectivity index (χ1n) is 18.5. The summed E-state index contributed by atoms with van der Waals surface area (Å²) in [6, 6.07) is 0. The molecule has 0 aromatic carbocycles. The van der Waals surface area contributed by atoms with Gasteiger partial charge in [0.25, 0.3) is 0 Å². The van der Waals surface area contributed by atoms with Gasteiger partial charge < -0.3 is 43.5 Å². The van der Waals surface area contributed by atoms with Crippen LogP contribution >= 0.6 is 0 Å². The normalized spacial score (nSPS) is 24.0. The van der Waals surface area contributed by atoms with Crippen molar-refractivity contribution in [2.45, 2.75) is 104 Å². The Morgan fingerprint density at radius 1 is 0.732 bits per heavy atom. The zero-order valence-corrected chi connectivity index (χ0v) is 33.1. The fraction of sp³-hybridized carbons (Fsp3) is 0.442. The third-order valence-electron chi connectivity index (χ3n) is 9.44. The van der Waals surface area contributed by atoms with Gasteiger partial charge in [0.05, 0.1) is 24.7 Å². The number of ether oxygens (including phenoxy) is 3. The Morgan fingerprint density at radius 3 is 1.88 bits per heavy atom. The molecule has 0 radical (unpaired) electrons. The summed E-state index contributed by atoms with van der Waals surface area (Å²) in [5.41, 5.74) is -1.97. The molecular formula is C43H56N2O11. The van der Waals surface area contributed by atoms with Gasteiger partial charge >= 0.3 is 11.9 Å². The minimum Gasteiger partial charge on any atom is -0.457 e. The number of rotatable bonds is 7. The van der Waals surface area contributed by atoms with Gasteiger partial charge in [0.15, 0.2) is 17.3 Å². The number of allylic oxidation sites excluding steroid dienone is 8. The summed E-state index contributed by atoms with van der Waals surface area (Å²) >= 11 is 0. The van der Waals surface area contributed by atoms with Crippen LogP contribution in [0.5, 0.6) is 0 Å². The first kappa shape index (κ1) is 45.5. The highest BCUT2D eigenvalue weighted by atomic mass is 16.6. The molecular weight excluding hydrogens is 720 g/mol. The second-order valence-corrected chi connectivity index (χ2v) is 14.4. The third-order valence-corrected chi connectivity index (χ3v) is 9.44. The number of aliphatic hydroxyl groups excluding tert-OH is 4. The summed E-state index contributed by atoms with van der Waals surface area (Å²) in [7, 11) is 1.53. The van der Waals surface area contributed by atoms with E-state index in [9.17, 15) is 30.0 Å². The van der Waals surface area contributed by atoms with Crippen LogP contribution in [0.3, 0.4) is 0 Å². The van der Waals surface area contributed by atoms with E-state index in [0.29, 0.717) is 0 Å². The molecule has 1 aliphatic heterocycles. The number of methoxy groups -OCH3 is 1. The van der Waals surface area contributed by atoms with Crippen molar-refractivity contribution in [3.05, 3.63) is 127 Å². The number of aliphatic hydroxyl groups is 4. The second kappa shape index (κ2) is 22.0. The lowest BCUT2D eigenvalue weighted by atomic mass is 9.79. The molecule has 4 N–H and O–H groups in total. The summed E-state index contributed by atoms with van der Waals surface area (Å²) < 4.78 is 28.3.